The smallest absolute Gasteiger partial charge is 0.282 e. The lowest BCUT2D eigenvalue weighted by Gasteiger charge is -2.14. The van der Waals surface area contributed by atoms with E-state index < -0.39 is 0 Å². The quantitative estimate of drug-likeness (QED) is 0.418. The third-order valence-electron chi connectivity index (χ3n) is 5.93. The maximum atomic E-state index is 13.4. The summed E-state index contributed by atoms with van der Waals surface area (Å²) in [6.45, 7) is 2.58. The molecule has 0 spiro atoms. The molecule has 160 valence electrons. The van der Waals surface area contributed by atoms with E-state index in [0.717, 1.165) is 27.7 Å². The van der Waals surface area contributed by atoms with Gasteiger partial charge in [-0.05, 0) is 48.4 Å². The molecule has 0 aliphatic carbocycles. The highest BCUT2D eigenvalue weighted by molar-refractivity contribution is 5.93. The number of pyridine rings is 2. The van der Waals surface area contributed by atoms with Crippen LogP contribution in [0.4, 0.5) is 0 Å². The van der Waals surface area contributed by atoms with Gasteiger partial charge >= 0.3 is 0 Å². The Morgan fingerprint density at radius 3 is 2.58 bits per heavy atom. The van der Waals surface area contributed by atoms with Crippen LogP contribution in [0.1, 0.15) is 11.1 Å². The molecule has 7 heteroatoms. The molecule has 0 saturated carbocycles. The van der Waals surface area contributed by atoms with Crippen molar-refractivity contribution in [2.45, 2.75) is 13.5 Å². The molecule has 6 rings (SSSR count). The van der Waals surface area contributed by atoms with Gasteiger partial charge < -0.3 is 4.57 Å². The van der Waals surface area contributed by atoms with Gasteiger partial charge in [0.15, 0.2) is 0 Å². The van der Waals surface area contributed by atoms with E-state index in [9.17, 15) is 4.79 Å². The summed E-state index contributed by atoms with van der Waals surface area (Å²) in [6.07, 6.45) is 8.99. The average Bonchev–Trinajstić information content (AvgIpc) is 3.49. The second-order valence-electron chi connectivity index (χ2n) is 8.03. The Morgan fingerprint density at radius 2 is 1.79 bits per heavy atom. The van der Waals surface area contributed by atoms with Gasteiger partial charge in [0.1, 0.15) is 5.69 Å². The summed E-state index contributed by atoms with van der Waals surface area (Å²) < 4.78 is 5.41. The number of nitrogens with zero attached hydrogens (tertiary/aromatic N) is 6. The molecule has 0 bridgehead atoms. The van der Waals surface area contributed by atoms with E-state index >= 15 is 0 Å². The highest BCUT2D eigenvalue weighted by atomic mass is 16.1. The summed E-state index contributed by atoms with van der Waals surface area (Å²) in [5.41, 5.74) is 5.94. The summed E-state index contributed by atoms with van der Waals surface area (Å²) in [4.78, 5) is 17.5. The minimum atomic E-state index is -0.144. The molecule has 2 aromatic carbocycles. The normalized spacial score (nSPS) is 11.4. The van der Waals surface area contributed by atoms with Gasteiger partial charge in [-0.3, -0.25) is 9.78 Å². The van der Waals surface area contributed by atoms with Crippen LogP contribution in [0.25, 0.3) is 33.5 Å². The van der Waals surface area contributed by atoms with E-state index in [0.29, 0.717) is 23.5 Å². The van der Waals surface area contributed by atoms with Crippen LogP contribution >= 0.6 is 0 Å². The zero-order chi connectivity index (χ0) is 22.4. The van der Waals surface area contributed by atoms with Gasteiger partial charge in [0.05, 0.1) is 28.7 Å². The predicted octanol–water partition coefficient (Wildman–Crippen LogP) is 4.23. The molecule has 7 nitrogen and oxygen atoms in total. The first-order chi connectivity index (χ1) is 16.2. The predicted molar refractivity (Wildman–Crippen MR) is 127 cm³/mol. The Bertz CT molecular complexity index is 1610. The van der Waals surface area contributed by atoms with Crippen LogP contribution in [0.2, 0.25) is 0 Å². The van der Waals surface area contributed by atoms with Crippen LogP contribution in [0.15, 0.2) is 96.4 Å². The van der Waals surface area contributed by atoms with E-state index in [2.05, 4.69) is 32.8 Å². The van der Waals surface area contributed by atoms with Gasteiger partial charge in [0.25, 0.3) is 5.56 Å². The van der Waals surface area contributed by atoms with E-state index in [1.165, 1.54) is 4.68 Å². The van der Waals surface area contributed by atoms with Gasteiger partial charge in [-0.25, -0.2) is 4.68 Å². The molecule has 0 fully saturated rings. The molecule has 4 heterocycles. The SMILES string of the molecule is Cc1ccncc1-n1nc2c3ccccc3n(Cc3ccc(-n4cccn4)cc3)cc-2c1=O. The Kier molecular flexibility index (Phi) is 4.40. The zero-order valence-corrected chi connectivity index (χ0v) is 18.0. The largest absolute Gasteiger partial charge is 0.342 e. The summed E-state index contributed by atoms with van der Waals surface area (Å²) in [5, 5.41) is 9.93. The molecule has 0 radical (unpaired) electrons. The van der Waals surface area contributed by atoms with Crippen molar-refractivity contribution >= 4 is 10.9 Å². The van der Waals surface area contributed by atoms with Gasteiger partial charge in [0, 0.05) is 36.7 Å². The van der Waals surface area contributed by atoms with Crippen molar-refractivity contribution in [2.24, 2.45) is 0 Å². The number of rotatable bonds is 4. The number of fused-ring (bicyclic) bond motifs is 3. The van der Waals surface area contributed by atoms with Crippen molar-refractivity contribution < 1.29 is 0 Å². The van der Waals surface area contributed by atoms with Crippen LogP contribution in [0.5, 0.6) is 0 Å². The molecule has 33 heavy (non-hydrogen) atoms. The highest BCUT2D eigenvalue weighted by Gasteiger charge is 2.21. The van der Waals surface area contributed by atoms with Crippen molar-refractivity contribution in [2.75, 3.05) is 0 Å². The molecule has 2 aliphatic heterocycles. The molecule has 0 N–H and O–H groups in total. The average molecular weight is 432 g/mol. The Morgan fingerprint density at radius 1 is 0.939 bits per heavy atom. The maximum absolute atomic E-state index is 13.4. The first-order valence-corrected chi connectivity index (χ1v) is 10.7. The zero-order valence-electron chi connectivity index (χ0n) is 18.0. The lowest BCUT2D eigenvalue weighted by atomic mass is 10.1. The number of aryl methyl sites for hydroxylation is 1. The summed E-state index contributed by atoms with van der Waals surface area (Å²) in [5.74, 6) is 0. The summed E-state index contributed by atoms with van der Waals surface area (Å²) in [6, 6.07) is 20.1. The summed E-state index contributed by atoms with van der Waals surface area (Å²) >= 11 is 0. The topological polar surface area (TPSA) is 70.5 Å². The fourth-order valence-corrected chi connectivity index (χ4v) is 4.22. The standard InChI is InChI=1S/C26H20N6O/c1-18-11-13-27-15-24(18)32-26(33)22-17-30(23-6-3-2-5-21(23)25(22)29-32)16-19-7-9-20(10-8-19)31-14-4-12-28-31/h2-15,17H,16H2,1H3. The molecule has 2 aliphatic rings. The minimum Gasteiger partial charge on any atom is -0.342 e. The van der Waals surface area contributed by atoms with Crippen molar-refractivity contribution in [1.29, 1.82) is 0 Å². The van der Waals surface area contributed by atoms with Gasteiger partial charge in [-0.1, -0.05) is 30.3 Å². The minimum absolute atomic E-state index is 0.144. The summed E-state index contributed by atoms with van der Waals surface area (Å²) in [7, 11) is 0. The van der Waals surface area contributed by atoms with E-state index in [1.807, 2.05) is 66.5 Å². The fraction of sp³-hybridized carbons (Fsp3) is 0.0769. The Hall–Kier alpha value is -4.52. The van der Waals surface area contributed by atoms with Crippen molar-refractivity contribution in [3.05, 3.63) is 113 Å². The Labute approximate surface area is 189 Å². The second kappa shape index (κ2) is 7.56. The van der Waals surface area contributed by atoms with Crippen molar-refractivity contribution in [3.8, 4) is 22.6 Å². The Balaban J connectivity index is 1.48. The van der Waals surface area contributed by atoms with E-state index in [4.69, 9.17) is 5.10 Å². The molecule has 0 atom stereocenters. The van der Waals surface area contributed by atoms with Crippen LogP contribution in [-0.4, -0.2) is 29.1 Å². The molecular formula is C26H20N6O. The second-order valence-corrected chi connectivity index (χ2v) is 8.03. The van der Waals surface area contributed by atoms with E-state index in [1.54, 1.807) is 18.6 Å². The van der Waals surface area contributed by atoms with Gasteiger partial charge in [-0.15, -0.1) is 0 Å². The lowest BCUT2D eigenvalue weighted by molar-refractivity contribution is 0.824. The number of benzene rings is 2. The van der Waals surface area contributed by atoms with Crippen LogP contribution in [-0.2, 0) is 6.54 Å². The van der Waals surface area contributed by atoms with Gasteiger partial charge in [0.2, 0.25) is 0 Å². The monoisotopic (exact) mass is 432 g/mol. The van der Waals surface area contributed by atoms with Crippen LogP contribution in [0.3, 0.4) is 0 Å². The lowest BCUT2D eigenvalue weighted by Crippen LogP contribution is -2.16. The number of hydrogen-bond acceptors (Lipinski definition) is 4. The molecule has 2 aromatic heterocycles. The van der Waals surface area contributed by atoms with Crippen LogP contribution < -0.4 is 5.56 Å². The van der Waals surface area contributed by atoms with Crippen LogP contribution in [0, 0.1) is 6.92 Å². The number of hydrogen-bond donors (Lipinski definition) is 0. The highest BCUT2D eigenvalue weighted by Crippen LogP contribution is 2.29. The fourth-order valence-electron chi connectivity index (χ4n) is 4.22. The van der Waals surface area contributed by atoms with Crippen molar-refractivity contribution in [1.82, 2.24) is 29.1 Å². The maximum Gasteiger partial charge on any atom is 0.282 e. The molecule has 0 amide bonds. The first-order valence-electron chi connectivity index (χ1n) is 10.7. The van der Waals surface area contributed by atoms with Crippen molar-refractivity contribution in [3.63, 3.8) is 0 Å². The molecule has 0 unspecified atom stereocenters. The molecular weight excluding hydrogens is 412 g/mol. The first kappa shape index (κ1) is 19.2. The molecule has 0 saturated heterocycles. The number of para-hydroxylation sites is 1. The number of aromatic nitrogens is 6. The third kappa shape index (κ3) is 3.22. The van der Waals surface area contributed by atoms with Gasteiger partial charge in [-0.2, -0.15) is 14.9 Å². The van der Waals surface area contributed by atoms with E-state index in [-0.39, 0.29) is 5.56 Å². The third-order valence-corrected chi connectivity index (χ3v) is 5.93. The molecule has 4 aromatic rings.